The standard InChI is InChI=1S/C16H28N4O.ClH/c1-6-10(2)15(17)16(21)20-9-7-8-13(20)14-11(3)18-19(5)12(14)4;/h10,13,15H,6-9,17H2,1-5H3;1H. The van der Waals surface area contributed by atoms with Gasteiger partial charge in [0, 0.05) is 24.8 Å². The van der Waals surface area contributed by atoms with Crippen molar-refractivity contribution >= 4 is 18.3 Å². The number of aryl methyl sites for hydroxylation is 2. The summed E-state index contributed by atoms with van der Waals surface area (Å²) in [4.78, 5) is 14.7. The van der Waals surface area contributed by atoms with Crippen molar-refractivity contribution in [1.29, 1.82) is 0 Å². The zero-order chi connectivity index (χ0) is 15.7. The summed E-state index contributed by atoms with van der Waals surface area (Å²) >= 11 is 0. The highest BCUT2D eigenvalue weighted by Crippen LogP contribution is 2.36. The molecule has 1 fully saturated rings. The quantitative estimate of drug-likeness (QED) is 0.923. The molecule has 126 valence electrons. The largest absolute Gasteiger partial charge is 0.334 e. The van der Waals surface area contributed by atoms with Crippen molar-refractivity contribution in [3.8, 4) is 0 Å². The van der Waals surface area contributed by atoms with E-state index in [2.05, 4.69) is 18.9 Å². The molecule has 1 aliphatic rings. The van der Waals surface area contributed by atoms with E-state index in [0.717, 1.165) is 37.2 Å². The maximum atomic E-state index is 12.7. The molecule has 1 amide bonds. The van der Waals surface area contributed by atoms with Crippen LogP contribution in [0.4, 0.5) is 0 Å². The summed E-state index contributed by atoms with van der Waals surface area (Å²) < 4.78 is 1.90. The molecule has 0 spiro atoms. The van der Waals surface area contributed by atoms with Crippen molar-refractivity contribution in [2.24, 2.45) is 18.7 Å². The second kappa shape index (κ2) is 7.47. The molecule has 0 bridgehead atoms. The van der Waals surface area contributed by atoms with E-state index in [0.29, 0.717) is 0 Å². The van der Waals surface area contributed by atoms with E-state index in [1.807, 2.05) is 30.5 Å². The van der Waals surface area contributed by atoms with E-state index < -0.39 is 6.04 Å². The number of nitrogens with zero attached hydrogens (tertiary/aromatic N) is 3. The third-order valence-corrected chi connectivity index (χ3v) is 4.98. The highest BCUT2D eigenvalue weighted by Gasteiger charge is 2.36. The Kier molecular flexibility index (Phi) is 6.44. The van der Waals surface area contributed by atoms with Gasteiger partial charge in [-0.2, -0.15) is 5.10 Å². The fourth-order valence-electron chi connectivity index (χ4n) is 3.29. The van der Waals surface area contributed by atoms with Crippen molar-refractivity contribution in [1.82, 2.24) is 14.7 Å². The number of nitrogens with two attached hydrogens (primary N) is 1. The van der Waals surface area contributed by atoms with Crippen LogP contribution in [-0.4, -0.2) is 33.2 Å². The maximum absolute atomic E-state index is 12.7. The number of halogens is 1. The van der Waals surface area contributed by atoms with Gasteiger partial charge in [0.05, 0.1) is 17.8 Å². The van der Waals surface area contributed by atoms with E-state index in [-0.39, 0.29) is 30.3 Å². The Balaban J connectivity index is 0.00000242. The fourth-order valence-corrected chi connectivity index (χ4v) is 3.29. The molecule has 2 rings (SSSR count). The van der Waals surface area contributed by atoms with Gasteiger partial charge < -0.3 is 10.6 Å². The van der Waals surface area contributed by atoms with Crippen LogP contribution in [0.1, 0.15) is 56.1 Å². The first-order valence-corrected chi connectivity index (χ1v) is 7.94. The molecule has 0 aromatic carbocycles. The monoisotopic (exact) mass is 328 g/mol. The predicted octanol–water partition coefficient (Wildman–Crippen LogP) is 2.50. The highest BCUT2D eigenvalue weighted by atomic mass is 35.5. The number of carbonyl (C=O) groups excluding carboxylic acids is 1. The first kappa shape index (κ1) is 19.0. The molecular weight excluding hydrogens is 300 g/mol. The lowest BCUT2D eigenvalue weighted by Crippen LogP contribution is -2.46. The van der Waals surface area contributed by atoms with E-state index >= 15 is 0 Å². The average molecular weight is 329 g/mol. The first-order chi connectivity index (χ1) is 9.88. The van der Waals surface area contributed by atoms with E-state index in [4.69, 9.17) is 5.73 Å². The van der Waals surface area contributed by atoms with Gasteiger partial charge in [-0.3, -0.25) is 9.48 Å². The summed E-state index contributed by atoms with van der Waals surface area (Å²) in [6, 6.07) is -0.255. The van der Waals surface area contributed by atoms with Crippen LogP contribution in [0, 0.1) is 19.8 Å². The predicted molar refractivity (Wildman–Crippen MR) is 91.0 cm³/mol. The topological polar surface area (TPSA) is 64.2 Å². The van der Waals surface area contributed by atoms with E-state index in [9.17, 15) is 4.79 Å². The van der Waals surface area contributed by atoms with E-state index in [1.165, 1.54) is 5.56 Å². The zero-order valence-corrected chi connectivity index (χ0v) is 15.1. The summed E-state index contributed by atoms with van der Waals surface area (Å²) in [6.45, 7) is 9.03. The Labute approximate surface area is 139 Å². The van der Waals surface area contributed by atoms with Gasteiger partial charge in [0.25, 0.3) is 0 Å². The van der Waals surface area contributed by atoms with Gasteiger partial charge in [0.15, 0.2) is 0 Å². The first-order valence-electron chi connectivity index (χ1n) is 7.94. The molecule has 22 heavy (non-hydrogen) atoms. The summed E-state index contributed by atoms with van der Waals surface area (Å²) in [5.41, 5.74) is 9.54. The van der Waals surface area contributed by atoms with Crippen molar-refractivity contribution in [3.05, 3.63) is 17.0 Å². The van der Waals surface area contributed by atoms with Crippen molar-refractivity contribution in [3.63, 3.8) is 0 Å². The molecule has 0 saturated carbocycles. The lowest BCUT2D eigenvalue weighted by atomic mass is 9.97. The van der Waals surface area contributed by atoms with E-state index in [1.54, 1.807) is 0 Å². The molecule has 2 N–H and O–H groups in total. The minimum atomic E-state index is -0.395. The minimum absolute atomic E-state index is 0. The molecule has 5 nitrogen and oxygen atoms in total. The van der Waals surface area contributed by atoms with Crippen LogP contribution in [0.15, 0.2) is 0 Å². The van der Waals surface area contributed by atoms with Gasteiger partial charge in [0.1, 0.15) is 0 Å². The maximum Gasteiger partial charge on any atom is 0.240 e. The van der Waals surface area contributed by atoms with Gasteiger partial charge in [-0.05, 0) is 32.6 Å². The van der Waals surface area contributed by atoms with Crippen LogP contribution in [0.25, 0.3) is 0 Å². The second-order valence-electron chi connectivity index (χ2n) is 6.31. The molecule has 6 heteroatoms. The number of rotatable bonds is 4. The molecule has 3 unspecified atom stereocenters. The number of likely N-dealkylation sites (tertiary alicyclic amines) is 1. The summed E-state index contributed by atoms with van der Waals surface area (Å²) in [5.74, 6) is 0.310. The average Bonchev–Trinajstić information content (AvgIpc) is 3.02. The smallest absolute Gasteiger partial charge is 0.240 e. The Morgan fingerprint density at radius 1 is 1.45 bits per heavy atom. The molecule has 3 atom stereocenters. The number of aromatic nitrogens is 2. The Bertz CT molecular complexity index is 528. The normalized spacial score (nSPS) is 20.6. The summed E-state index contributed by atoms with van der Waals surface area (Å²) in [6.07, 6.45) is 2.97. The van der Waals surface area contributed by atoms with Gasteiger partial charge in [0.2, 0.25) is 5.91 Å². The van der Waals surface area contributed by atoms with Crippen molar-refractivity contribution in [2.75, 3.05) is 6.54 Å². The number of hydrogen-bond donors (Lipinski definition) is 1. The van der Waals surface area contributed by atoms with Gasteiger partial charge >= 0.3 is 0 Å². The van der Waals surface area contributed by atoms with Crippen LogP contribution < -0.4 is 5.73 Å². The van der Waals surface area contributed by atoms with Crippen LogP contribution in [0.5, 0.6) is 0 Å². The number of carbonyl (C=O) groups is 1. The van der Waals surface area contributed by atoms with Crippen molar-refractivity contribution < 1.29 is 4.79 Å². The van der Waals surface area contributed by atoms with Gasteiger partial charge in [-0.25, -0.2) is 0 Å². The molecule has 1 saturated heterocycles. The molecule has 1 aromatic heterocycles. The summed E-state index contributed by atoms with van der Waals surface area (Å²) in [7, 11) is 1.96. The van der Waals surface area contributed by atoms with Crippen LogP contribution in [0.3, 0.4) is 0 Å². The van der Waals surface area contributed by atoms with Crippen LogP contribution in [0.2, 0.25) is 0 Å². The molecular formula is C16H29ClN4O. The Morgan fingerprint density at radius 3 is 2.59 bits per heavy atom. The number of hydrogen-bond acceptors (Lipinski definition) is 3. The Hall–Kier alpha value is -1.07. The lowest BCUT2D eigenvalue weighted by molar-refractivity contribution is -0.134. The third-order valence-electron chi connectivity index (χ3n) is 4.98. The van der Waals surface area contributed by atoms with Gasteiger partial charge in [-0.15, -0.1) is 12.4 Å². The Morgan fingerprint density at radius 2 is 2.09 bits per heavy atom. The minimum Gasteiger partial charge on any atom is -0.334 e. The van der Waals surface area contributed by atoms with Crippen LogP contribution in [-0.2, 0) is 11.8 Å². The molecule has 2 heterocycles. The van der Waals surface area contributed by atoms with Gasteiger partial charge in [-0.1, -0.05) is 20.3 Å². The second-order valence-corrected chi connectivity index (χ2v) is 6.31. The lowest BCUT2D eigenvalue weighted by Gasteiger charge is -2.30. The van der Waals surface area contributed by atoms with Crippen molar-refractivity contribution in [2.45, 2.75) is 59.0 Å². The SMILES string of the molecule is CCC(C)C(N)C(=O)N1CCCC1c1c(C)nn(C)c1C.Cl. The summed E-state index contributed by atoms with van der Waals surface area (Å²) in [5, 5.41) is 4.49. The number of amides is 1. The molecule has 1 aliphatic heterocycles. The molecule has 1 aromatic rings. The van der Waals surface area contributed by atoms with Crippen LogP contribution >= 0.6 is 12.4 Å². The molecule has 0 aliphatic carbocycles. The molecule has 0 radical (unpaired) electrons. The highest BCUT2D eigenvalue weighted by molar-refractivity contribution is 5.85. The zero-order valence-electron chi connectivity index (χ0n) is 14.3. The fraction of sp³-hybridized carbons (Fsp3) is 0.750. The third kappa shape index (κ3) is 3.30.